The Morgan fingerprint density at radius 1 is 0.838 bits per heavy atom. The van der Waals surface area contributed by atoms with Gasteiger partial charge in [0.15, 0.2) is 0 Å². The molecule has 37 heavy (non-hydrogen) atoms. The van der Waals surface area contributed by atoms with Crippen LogP contribution in [-0.4, -0.2) is 73.3 Å². The highest BCUT2D eigenvalue weighted by atomic mass is 35.5. The molecule has 0 aromatic heterocycles. The molecule has 0 unspecified atom stereocenters. The molecule has 214 valence electrons. The van der Waals surface area contributed by atoms with Gasteiger partial charge in [-0.2, -0.15) is 0 Å². The second-order valence-corrected chi connectivity index (χ2v) is 10.5. The molecule has 11 heteroatoms. The van der Waals surface area contributed by atoms with Gasteiger partial charge in [-0.3, -0.25) is 9.59 Å². The van der Waals surface area contributed by atoms with E-state index in [0.717, 1.165) is 44.9 Å². The fourth-order valence-corrected chi connectivity index (χ4v) is 5.26. The van der Waals surface area contributed by atoms with Gasteiger partial charge in [-0.05, 0) is 52.4 Å². The Hall–Kier alpha value is -2.07. The zero-order valence-electron chi connectivity index (χ0n) is 22.8. The maximum Gasteiger partial charge on any atom is 0.410 e. The molecule has 1 saturated heterocycles. The number of amides is 2. The summed E-state index contributed by atoms with van der Waals surface area (Å²) >= 11 is 0. The molecule has 1 aliphatic heterocycles. The number of hydrogen-bond donors (Lipinski definition) is 2. The molecule has 0 aromatic carbocycles. The first-order valence-electron chi connectivity index (χ1n) is 13.3. The van der Waals surface area contributed by atoms with Crippen LogP contribution in [0.1, 0.15) is 90.9 Å². The van der Waals surface area contributed by atoms with Crippen LogP contribution in [0.4, 0.5) is 4.79 Å². The third-order valence-electron chi connectivity index (χ3n) is 7.44. The van der Waals surface area contributed by atoms with E-state index in [2.05, 4.69) is 10.1 Å². The Kier molecular flexibility index (Phi) is 13.7. The number of piperidine rings is 1. The molecule has 0 spiro atoms. The highest BCUT2D eigenvalue weighted by Crippen LogP contribution is 2.31. The lowest BCUT2D eigenvalue weighted by Gasteiger charge is -2.37. The van der Waals surface area contributed by atoms with Crippen molar-refractivity contribution in [2.24, 2.45) is 11.7 Å². The van der Waals surface area contributed by atoms with E-state index in [9.17, 15) is 19.2 Å². The summed E-state index contributed by atoms with van der Waals surface area (Å²) in [6.45, 7) is 4.62. The maximum atomic E-state index is 12.7. The Morgan fingerprint density at radius 2 is 1.32 bits per heavy atom. The summed E-state index contributed by atoms with van der Waals surface area (Å²) in [4.78, 5) is 49.6. The first kappa shape index (κ1) is 33.0. The molecule has 1 heterocycles. The molecule has 3 rings (SSSR count). The fourth-order valence-electron chi connectivity index (χ4n) is 5.26. The number of carbonyl (C=O) groups excluding carboxylic acids is 4. The standard InChI is InChI=1S/C18H30N2O5.C8H15NO2.ClH/c1-13(2)25-17(23)20-11-7-14(8-12-20)15(21)19-18(16(22)24-3)9-5-4-6-10-18;1-11-7(10)8(9)5-3-2-4-6-8;/h13-14H,4-12H2,1-3H3,(H,19,21);2-6,9H2,1H3;1H. The van der Waals surface area contributed by atoms with Crippen molar-refractivity contribution < 1.29 is 33.4 Å². The topological polar surface area (TPSA) is 137 Å². The summed E-state index contributed by atoms with van der Waals surface area (Å²) in [5.41, 5.74) is 4.29. The van der Waals surface area contributed by atoms with E-state index in [0.29, 0.717) is 38.8 Å². The number of carbonyl (C=O) groups is 4. The predicted octanol–water partition coefficient (Wildman–Crippen LogP) is 3.48. The number of esters is 2. The summed E-state index contributed by atoms with van der Waals surface area (Å²) in [5.74, 6) is -0.897. The molecular formula is C26H46ClN3O7. The van der Waals surface area contributed by atoms with Crippen molar-refractivity contribution in [3.05, 3.63) is 0 Å². The van der Waals surface area contributed by atoms with Crippen molar-refractivity contribution in [2.75, 3.05) is 27.3 Å². The van der Waals surface area contributed by atoms with Crippen LogP contribution in [0.3, 0.4) is 0 Å². The number of nitrogens with zero attached hydrogens (tertiary/aromatic N) is 1. The number of rotatable bonds is 5. The summed E-state index contributed by atoms with van der Waals surface area (Å²) < 4.78 is 14.8. The number of likely N-dealkylation sites (tertiary alicyclic amines) is 1. The minimum absolute atomic E-state index is 0. The summed E-state index contributed by atoms with van der Waals surface area (Å²) in [6, 6.07) is 0. The van der Waals surface area contributed by atoms with Crippen molar-refractivity contribution in [3.63, 3.8) is 0 Å². The number of nitrogens with two attached hydrogens (primary N) is 1. The number of halogens is 1. The van der Waals surface area contributed by atoms with Crippen molar-refractivity contribution in [1.29, 1.82) is 0 Å². The van der Waals surface area contributed by atoms with Crippen LogP contribution in [0.15, 0.2) is 0 Å². The third-order valence-corrected chi connectivity index (χ3v) is 7.44. The van der Waals surface area contributed by atoms with Gasteiger partial charge < -0.3 is 30.2 Å². The molecule has 0 bridgehead atoms. The van der Waals surface area contributed by atoms with Crippen LogP contribution < -0.4 is 11.1 Å². The fraction of sp³-hybridized carbons (Fsp3) is 0.846. The zero-order chi connectivity index (χ0) is 26.8. The largest absolute Gasteiger partial charge is 0.468 e. The molecule has 0 atom stereocenters. The van der Waals surface area contributed by atoms with Crippen molar-refractivity contribution in [3.8, 4) is 0 Å². The molecule has 2 amide bonds. The van der Waals surface area contributed by atoms with Gasteiger partial charge in [-0.15, -0.1) is 12.4 Å². The van der Waals surface area contributed by atoms with Crippen molar-refractivity contribution >= 4 is 36.3 Å². The molecule has 3 aliphatic rings. The Labute approximate surface area is 227 Å². The van der Waals surface area contributed by atoms with E-state index in [4.69, 9.17) is 15.2 Å². The second kappa shape index (κ2) is 15.4. The zero-order valence-corrected chi connectivity index (χ0v) is 23.7. The molecular weight excluding hydrogens is 502 g/mol. The van der Waals surface area contributed by atoms with Crippen molar-refractivity contribution in [1.82, 2.24) is 10.2 Å². The van der Waals surface area contributed by atoms with E-state index in [-0.39, 0.29) is 48.4 Å². The first-order valence-corrected chi connectivity index (χ1v) is 13.3. The maximum absolute atomic E-state index is 12.7. The minimum Gasteiger partial charge on any atom is -0.468 e. The van der Waals surface area contributed by atoms with E-state index in [1.54, 1.807) is 4.90 Å². The summed E-state index contributed by atoms with van der Waals surface area (Å²) in [5, 5.41) is 2.98. The lowest BCUT2D eigenvalue weighted by Crippen LogP contribution is -2.58. The van der Waals surface area contributed by atoms with Gasteiger partial charge in [0.1, 0.15) is 11.1 Å². The molecule has 0 aromatic rings. The average Bonchev–Trinajstić information content (AvgIpc) is 2.88. The van der Waals surface area contributed by atoms with E-state index in [1.807, 2.05) is 13.8 Å². The average molecular weight is 548 g/mol. The normalized spacial score (nSPS) is 20.9. The Balaban J connectivity index is 0.000000479. The van der Waals surface area contributed by atoms with Crippen LogP contribution in [0.2, 0.25) is 0 Å². The van der Waals surface area contributed by atoms with Crippen molar-refractivity contribution in [2.45, 2.75) is 108 Å². The molecule has 0 radical (unpaired) electrons. The molecule has 10 nitrogen and oxygen atoms in total. The highest BCUT2D eigenvalue weighted by Gasteiger charge is 2.43. The van der Waals surface area contributed by atoms with Gasteiger partial charge in [0.05, 0.1) is 20.3 Å². The van der Waals surface area contributed by atoms with Crippen LogP contribution >= 0.6 is 12.4 Å². The van der Waals surface area contributed by atoms with E-state index in [1.165, 1.54) is 20.6 Å². The molecule has 2 saturated carbocycles. The third kappa shape index (κ3) is 9.32. The Morgan fingerprint density at radius 3 is 1.78 bits per heavy atom. The first-order chi connectivity index (χ1) is 17.1. The Bertz CT molecular complexity index is 757. The molecule has 3 fully saturated rings. The predicted molar refractivity (Wildman–Crippen MR) is 141 cm³/mol. The van der Waals surface area contributed by atoms with Gasteiger partial charge in [0.2, 0.25) is 5.91 Å². The van der Waals surface area contributed by atoms with E-state index >= 15 is 0 Å². The minimum atomic E-state index is -0.877. The lowest BCUT2D eigenvalue weighted by molar-refractivity contribution is -0.153. The van der Waals surface area contributed by atoms with Crippen LogP contribution in [0.25, 0.3) is 0 Å². The number of ether oxygens (including phenoxy) is 3. The van der Waals surface area contributed by atoms with Crippen LogP contribution in [-0.2, 0) is 28.6 Å². The van der Waals surface area contributed by atoms with Gasteiger partial charge in [0, 0.05) is 19.0 Å². The number of nitrogens with one attached hydrogen (secondary N) is 1. The van der Waals surface area contributed by atoms with Gasteiger partial charge in [-0.1, -0.05) is 38.5 Å². The monoisotopic (exact) mass is 547 g/mol. The summed E-state index contributed by atoms with van der Waals surface area (Å²) in [7, 11) is 2.76. The van der Waals surface area contributed by atoms with Gasteiger partial charge >= 0.3 is 18.0 Å². The molecule has 2 aliphatic carbocycles. The number of methoxy groups -OCH3 is 2. The highest BCUT2D eigenvalue weighted by molar-refractivity contribution is 5.89. The number of hydrogen-bond acceptors (Lipinski definition) is 8. The van der Waals surface area contributed by atoms with Gasteiger partial charge in [0.25, 0.3) is 0 Å². The quantitative estimate of drug-likeness (QED) is 0.394. The smallest absolute Gasteiger partial charge is 0.410 e. The van der Waals surface area contributed by atoms with E-state index < -0.39 is 11.1 Å². The van der Waals surface area contributed by atoms with Crippen LogP contribution in [0, 0.1) is 5.92 Å². The SMILES string of the molecule is COC(=O)C1(N)CCCCC1.COC(=O)C1(NC(=O)C2CCN(C(=O)OC(C)C)CC2)CCCCC1.Cl. The summed E-state index contributed by atoms with van der Waals surface area (Å²) in [6.07, 6.45) is 9.68. The lowest BCUT2D eigenvalue weighted by atomic mass is 9.81. The van der Waals surface area contributed by atoms with Gasteiger partial charge in [-0.25, -0.2) is 9.59 Å². The second-order valence-electron chi connectivity index (χ2n) is 10.5. The van der Waals surface area contributed by atoms with Crippen LogP contribution in [0.5, 0.6) is 0 Å². The molecule has 3 N–H and O–H groups in total.